The van der Waals surface area contributed by atoms with Crippen LogP contribution in [0.25, 0.3) is 0 Å². The highest BCUT2D eigenvalue weighted by Gasteiger charge is 2.31. The van der Waals surface area contributed by atoms with E-state index in [4.69, 9.17) is 9.47 Å². The molecule has 2 aromatic carbocycles. The number of para-hydroxylation sites is 2. The van der Waals surface area contributed by atoms with Crippen LogP contribution < -0.4 is 9.47 Å². The van der Waals surface area contributed by atoms with Crippen LogP contribution >= 0.6 is 0 Å². The Balaban J connectivity index is 1.79. The molecule has 24 heavy (non-hydrogen) atoms. The summed E-state index contributed by atoms with van der Waals surface area (Å²) in [6, 6.07) is 9.91. The summed E-state index contributed by atoms with van der Waals surface area (Å²) in [5.74, 6) is -1.20. The summed E-state index contributed by atoms with van der Waals surface area (Å²) in [5, 5.41) is 0. The zero-order valence-electron chi connectivity index (χ0n) is 12.8. The van der Waals surface area contributed by atoms with Crippen LogP contribution in [0.5, 0.6) is 11.5 Å². The molecule has 0 bridgehead atoms. The van der Waals surface area contributed by atoms with E-state index in [1.807, 2.05) is 0 Å². The van der Waals surface area contributed by atoms with Crippen LogP contribution in [-0.4, -0.2) is 39.0 Å². The molecule has 8 heteroatoms. The van der Waals surface area contributed by atoms with E-state index in [1.54, 1.807) is 24.3 Å². The molecule has 0 unspecified atom stereocenters. The number of likely N-dealkylation sites (N-methyl/N-ethyl adjacent to an activating group) is 1. The minimum atomic E-state index is -4.33. The SMILES string of the molecule is CN(C[C@@H]1COc2ccccc2O1)S(=O)(=O)c1c(F)cccc1F. The maximum atomic E-state index is 13.8. The van der Waals surface area contributed by atoms with Gasteiger partial charge in [0.05, 0.1) is 6.54 Å². The molecule has 128 valence electrons. The van der Waals surface area contributed by atoms with Crippen molar-refractivity contribution in [2.24, 2.45) is 0 Å². The molecule has 0 radical (unpaired) electrons. The van der Waals surface area contributed by atoms with Crippen LogP contribution in [0.1, 0.15) is 0 Å². The van der Waals surface area contributed by atoms with Gasteiger partial charge < -0.3 is 9.47 Å². The first-order chi connectivity index (χ1) is 11.4. The van der Waals surface area contributed by atoms with Crippen molar-refractivity contribution in [3.63, 3.8) is 0 Å². The van der Waals surface area contributed by atoms with Crippen LogP contribution in [-0.2, 0) is 10.0 Å². The van der Waals surface area contributed by atoms with Gasteiger partial charge in [0.1, 0.15) is 24.3 Å². The lowest BCUT2D eigenvalue weighted by atomic mass is 10.2. The minimum absolute atomic E-state index is 0.107. The van der Waals surface area contributed by atoms with E-state index in [9.17, 15) is 17.2 Å². The molecule has 0 aliphatic carbocycles. The summed E-state index contributed by atoms with van der Waals surface area (Å²) in [6.07, 6.45) is -0.588. The second-order valence-corrected chi connectivity index (χ2v) is 7.32. The first-order valence-electron chi connectivity index (χ1n) is 7.18. The molecular weight excluding hydrogens is 340 g/mol. The van der Waals surface area contributed by atoms with E-state index in [2.05, 4.69) is 0 Å². The summed E-state index contributed by atoms with van der Waals surface area (Å²) in [6.45, 7) is 0.0288. The lowest BCUT2D eigenvalue weighted by Crippen LogP contribution is -2.42. The van der Waals surface area contributed by atoms with Gasteiger partial charge in [-0.05, 0) is 24.3 Å². The average Bonchev–Trinajstić information content (AvgIpc) is 2.54. The van der Waals surface area contributed by atoms with Gasteiger partial charge in [0.15, 0.2) is 16.4 Å². The first kappa shape index (κ1) is 16.7. The van der Waals surface area contributed by atoms with Crippen LogP contribution in [0.2, 0.25) is 0 Å². The Morgan fingerprint density at radius 1 is 1.08 bits per heavy atom. The van der Waals surface area contributed by atoms with Crippen molar-refractivity contribution in [2.45, 2.75) is 11.0 Å². The number of hydrogen-bond acceptors (Lipinski definition) is 4. The van der Waals surface area contributed by atoms with Crippen molar-refractivity contribution >= 4 is 10.0 Å². The van der Waals surface area contributed by atoms with Crippen LogP contribution in [0.3, 0.4) is 0 Å². The van der Waals surface area contributed by atoms with Crippen molar-refractivity contribution in [3.05, 3.63) is 54.1 Å². The molecule has 0 fully saturated rings. The van der Waals surface area contributed by atoms with Gasteiger partial charge in [0, 0.05) is 7.05 Å². The van der Waals surface area contributed by atoms with Crippen molar-refractivity contribution < 1.29 is 26.7 Å². The van der Waals surface area contributed by atoms with Crippen molar-refractivity contribution in [1.29, 1.82) is 0 Å². The normalized spacial score (nSPS) is 17.1. The van der Waals surface area contributed by atoms with E-state index < -0.39 is 32.7 Å². The summed E-state index contributed by atoms with van der Waals surface area (Å²) in [4.78, 5) is -0.968. The number of rotatable bonds is 4. The number of halogens is 2. The smallest absolute Gasteiger partial charge is 0.248 e. The fourth-order valence-electron chi connectivity index (χ4n) is 2.42. The van der Waals surface area contributed by atoms with Crippen LogP contribution in [0.4, 0.5) is 8.78 Å². The number of benzene rings is 2. The summed E-state index contributed by atoms with van der Waals surface area (Å²) in [7, 11) is -3.09. The van der Waals surface area contributed by atoms with Gasteiger partial charge in [-0.2, -0.15) is 4.31 Å². The summed E-state index contributed by atoms with van der Waals surface area (Å²) in [5.41, 5.74) is 0. The quantitative estimate of drug-likeness (QED) is 0.845. The van der Waals surface area contributed by atoms with E-state index in [0.717, 1.165) is 22.5 Å². The molecule has 0 saturated carbocycles. The Morgan fingerprint density at radius 3 is 2.38 bits per heavy atom. The van der Waals surface area contributed by atoms with Gasteiger partial charge in [0.2, 0.25) is 10.0 Å². The van der Waals surface area contributed by atoms with Gasteiger partial charge >= 0.3 is 0 Å². The predicted octanol–water partition coefficient (Wildman–Crippen LogP) is 2.43. The average molecular weight is 355 g/mol. The molecule has 1 heterocycles. The largest absolute Gasteiger partial charge is 0.486 e. The van der Waals surface area contributed by atoms with E-state index in [-0.39, 0.29) is 13.2 Å². The Morgan fingerprint density at radius 2 is 1.71 bits per heavy atom. The molecule has 1 atom stereocenters. The molecule has 3 rings (SSSR count). The third-order valence-corrected chi connectivity index (χ3v) is 5.49. The van der Waals surface area contributed by atoms with Crippen LogP contribution in [0.15, 0.2) is 47.4 Å². The highest BCUT2D eigenvalue weighted by Crippen LogP contribution is 2.31. The highest BCUT2D eigenvalue weighted by atomic mass is 32.2. The molecule has 0 N–H and O–H groups in total. The maximum absolute atomic E-state index is 13.8. The minimum Gasteiger partial charge on any atom is -0.486 e. The number of ether oxygens (including phenoxy) is 2. The fourth-order valence-corrected chi connectivity index (χ4v) is 3.73. The fraction of sp³-hybridized carbons (Fsp3) is 0.250. The molecule has 0 amide bonds. The summed E-state index contributed by atoms with van der Waals surface area (Å²) >= 11 is 0. The van der Waals surface area contributed by atoms with Gasteiger partial charge in [-0.25, -0.2) is 17.2 Å². The number of fused-ring (bicyclic) bond motifs is 1. The van der Waals surface area contributed by atoms with Gasteiger partial charge in [-0.1, -0.05) is 18.2 Å². The van der Waals surface area contributed by atoms with Crippen molar-refractivity contribution in [3.8, 4) is 11.5 Å². The van der Waals surface area contributed by atoms with E-state index in [0.29, 0.717) is 11.5 Å². The molecular formula is C16H15F2NO4S. The Labute approximate surface area is 138 Å². The molecule has 0 aromatic heterocycles. The molecule has 1 aliphatic heterocycles. The third-order valence-electron chi connectivity index (χ3n) is 3.62. The van der Waals surface area contributed by atoms with Gasteiger partial charge in [-0.3, -0.25) is 0 Å². The Bertz CT molecular complexity index is 837. The third kappa shape index (κ3) is 3.07. The lowest BCUT2D eigenvalue weighted by molar-refractivity contribution is 0.0798. The van der Waals surface area contributed by atoms with Crippen molar-refractivity contribution in [1.82, 2.24) is 4.31 Å². The monoisotopic (exact) mass is 355 g/mol. The molecule has 1 aliphatic rings. The van der Waals surface area contributed by atoms with Gasteiger partial charge in [-0.15, -0.1) is 0 Å². The standard InChI is InChI=1S/C16H15F2NO4S/c1-19(24(20,21)16-12(17)5-4-6-13(16)18)9-11-10-22-14-7-2-3-8-15(14)23-11/h2-8,11H,9-10H2,1H3/t11-/m1/s1. The lowest BCUT2D eigenvalue weighted by Gasteiger charge is -2.29. The molecule has 2 aromatic rings. The summed E-state index contributed by atoms with van der Waals surface area (Å²) < 4.78 is 64.5. The predicted molar refractivity (Wildman–Crippen MR) is 82.5 cm³/mol. The number of nitrogens with zero attached hydrogens (tertiary/aromatic N) is 1. The zero-order chi connectivity index (χ0) is 17.3. The first-order valence-corrected chi connectivity index (χ1v) is 8.62. The van der Waals surface area contributed by atoms with E-state index >= 15 is 0 Å². The van der Waals surface area contributed by atoms with Crippen molar-refractivity contribution in [2.75, 3.05) is 20.2 Å². The maximum Gasteiger partial charge on any atom is 0.248 e. The second kappa shape index (κ2) is 6.37. The number of sulfonamides is 1. The highest BCUT2D eigenvalue weighted by molar-refractivity contribution is 7.89. The molecule has 0 saturated heterocycles. The molecule has 5 nitrogen and oxygen atoms in total. The van der Waals surface area contributed by atoms with Gasteiger partial charge in [0.25, 0.3) is 0 Å². The number of hydrogen-bond donors (Lipinski definition) is 0. The van der Waals surface area contributed by atoms with E-state index in [1.165, 1.54) is 7.05 Å². The topological polar surface area (TPSA) is 55.8 Å². The zero-order valence-corrected chi connectivity index (χ0v) is 13.6. The Kier molecular flexibility index (Phi) is 4.42. The second-order valence-electron chi connectivity index (χ2n) is 5.33. The van der Waals surface area contributed by atoms with Crippen LogP contribution in [0, 0.1) is 11.6 Å². The molecule has 0 spiro atoms. The Hall–Kier alpha value is -2.19.